The molecule has 2 N–H and O–H groups in total. The number of aryl methyl sites for hydroxylation is 1. The van der Waals surface area contributed by atoms with Gasteiger partial charge in [-0.2, -0.15) is 0 Å². The van der Waals surface area contributed by atoms with Crippen LogP contribution < -0.4 is 15.5 Å². The Kier molecular flexibility index (Phi) is 7.61. The standard InChI is InChI=1S/C21H31N7O/c1-3-19-26-25-16-27(19)14-12-23-21(22-4-2)24-15-17-8-10-18(11-9-17)28-13-6-5-7-20(28)29/h8-11,16H,3-7,12-15H2,1-2H3,(H2,22,23,24). The molecule has 0 bridgehead atoms. The summed E-state index contributed by atoms with van der Waals surface area (Å²) in [6, 6.07) is 8.14. The van der Waals surface area contributed by atoms with E-state index in [1.807, 2.05) is 17.0 Å². The van der Waals surface area contributed by atoms with Crippen molar-refractivity contribution in [2.45, 2.75) is 52.6 Å². The van der Waals surface area contributed by atoms with Gasteiger partial charge in [0.25, 0.3) is 0 Å². The quantitative estimate of drug-likeness (QED) is 0.526. The maximum absolute atomic E-state index is 12.1. The van der Waals surface area contributed by atoms with Gasteiger partial charge >= 0.3 is 0 Å². The fraction of sp³-hybridized carbons (Fsp3) is 0.524. The van der Waals surface area contributed by atoms with Crippen LogP contribution in [0.1, 0.15) is 44.5 Å². The van der Waals surface area contributed by atoms with Gasteiger partial charge in [0.15, 0.2) is 5.96 Å². The first kappa shape index (κ1) is 20.8. The van der Waals surface area contributed by atoms with Gasteiger partial charge in [-0.3, -0.25) is 4.79 Å². The number of hydrogen-bond donors (Lipinski definition) is 2. The Morgan fingerprint density at radius 1 is 1.17 bits per heavy atom. The second kappa shape index (κ2) is 10.6. The van der Waals surface area contributed by atoms with Gasteiger partial charge < -0.3 is 20.1 Å². The van der Waals surface area contributed by atoms with Gasteiger partial charge in [-0.05, 0) is 37.5 Å². The van der Waals surface area contributed by atoms with E-state index in [2.05, 4.69) is 56.4 Å². The van der Waals surface area contributed by atoms with Crippen LogP contribution in [-0.4, -0.2) is 46.3 Å². The van der Waals surface area contributed by atoms with Crippen LogP contribution in [-0.2, 0) is 24.3 Å². The Morgan fingerprint density at radius 3 is 2.72 bits per heavy atom. The zero-order valence-corrected chi connectivity index (χ0v) is 17.4. The van der Waals surface area contributed by atoms with E-state index in [0.717, 1.165) is 68.5 Å². The summed E-state index contributed by atoms with van der Waals surface area (Å²) in [7, 11) is 0. The first-order chi connectivity index (χ1) is 14.2. The molecule has 0 saturated carbocycles. The number of amides is 1. The molecule has 1 saturated heterocycles. The van der Waals surface area contributed by atoms with Gasteiger partial charge in [0.2, 0.25) is 5.91 Å². The minimum Gasteiger partial charge on any atom is -0.357 e. The zero-order valence-electron chi connectivity index (χ0n) is 17.4. The van der Waals surface area contributed by atoms with Crippen LogP contribution in [0.15, 0.2) is 35.6 Å². The van der Waals surface area contributed by atoms with Crippen molar-refractivity contribution in [3.8, 4) is 0 Å². The van der Waals surface area contributed by atoms with Gasteiger partial charge in [0, 0.05) is 44.7 Å². The Labute approximate surface area is 172 Å². The summed E-state index contributed by atoms with van der Waals surface area (Å²) in [6.07, 6.45) is 5.36. The summed E-state index contributed by atoms with van der Waals surface area (Å²) in [5.74, 6) is 2.00. The Hall–Kier alpha value is -2.90. The average molecular weight is 398 g/mol. The summed E-state index contributed by atoms with van der Waals surface area (Å²) < 4.78 is 2.05. The number of carbonyl (C=O) groups is 1. The van der Waals surface area contributed by atoms with E-state index in [0.29, 0.717) is 13.0 Å². The Balaban J connectivity index is 1.54. The number of rotatable bonds is 8. The normalized spacial score (nSPS) is 14.9. The lowest BCUT2D eigenvalue weighted by molar-refractivity contribution is -0.119. The molecule has 156 valence electrons. The molecule has 1 aromatic carbocycles. The summed E-state index contributed by atoms with van der Waals surface area (Å²) in [5.41, 5.74) is 2.09. The second-order valence-corrected chi connectivity index (χ2v) is 7.08. The number of nitrogens with one attached hydrogen (secondary N) is 2. The Bertz CT molecular complexity index is 813. The van der Waals surface area contributed by atoms with E-state index in [1.165, 1.54) is 0 Å². The highest BCUT2D eigenvalue weighted by molar-refractivity contribution is 5.93. The molecule has 1 aliphatic heterocycles. The predicted molar refractivity (Wildman–Crippen MR) is 115 cm³/mol. The van der Waals surface area contributed by atoms with E-state index >= 15 is 0 Å². The SMILES string of the molecule is CCNC(=NCc1ccc(N2CCCCC2=O)cc1)NCCn1cnnc1CC. The summed E-state index contributed by atoms with van der Waals surface area (Å²) in [4.78, 5) is 18.6. The number of benzene rings is 1. The van der Waals surface area contributed by atoms with E-state index in [1.54, 1.807) is 6.33 Å². The maximum atomic E-state index is 12.1. The van der Waals surface area contributed by atoms with Crippen molar-refractivity contribution in [1.82, 2.24) is 25.4 Å². The van der Waals surface area contributed by atoms with Crippen molar-refractivity contribution < 1.29 is 4.79 Å². The largest absolute Gasteiger partial charge is 0.357 e. The molecule has 8 heteroatoms. The number of guanidine groups is 1. The smallest absolute Gasteiger partial charge is 0.226 e. The molecule has 1 aliphatic rings. The third-order valence-electron chi connectivity index (χ3n) is 4.99. The van der Waals surface area contributed by atoms with Crippen LogP contribution in [0.5, 0.6) is 0 Å². The van der Waals surface area contributed by atoms with Gasteiger partial charge in [0.1, 0.15) is 12.2 Å². The first-order valence-corrected chi connectivity index (χ1v) is 10.5. The number of anilines is 1. The number of piperidine rings is 1. The first-order valence-electron chi connectivity index (χ1n) is 10.5. The number of hydrogen-bond acceptors (Lipinski definition) is 4. The monoisotopic (exact) mass is 397 g/mol. The topological polar surface area (TPSA) is 87.4 Å². The van der Waals surface area contributed by atoms with E-state index < -0.39 is 0 Å². The molecule has 2 heterocycles. The van der Waals surface area contributed by atoms with Crippen LogP contribution in [0.25, 0.3) is 0 Å². The predicted octanol–water partition coefficient (Wildman–Crippen LogP) is 2.11. The van der Waals surface area contributed by atoms with E-state index in [4.69, 9.17) is 0 Å². The molecule has 1 amide bonds. The maximum Gasteiger partial charge on any atom is 0.226 e. The summed E-state index contributed by atoms with van der Waals surface area (Å²) in [6.45, 7) is 7.86. The molecule has 0 aliphatic carbocycles. The average Bonchev–Trinajstić information content (AvgIpc) is 3.20. The number of aliphatic imine (C=N–C) groups is 1. The van der Waals surface area contributed by atoms with Crippen LogP contribution in [0.4, 0.5) is 5.69 Å². The minimum atomic E-state index is 0.222. The lowest BCUT2D eigenvalue weighted by Crippen LogP contribution is -2.38. The van der Waals surface area contributed by atoms with Crippen molar-refractivity contribution in [2.75, 3.05) is 24.5 Å². The molecule has 3 rings (SSSR count). The molecule has 0 unspecified atom stereocenters. The van der Waals surface area contributed by atoms with Crippen molar-refractivity contribution >= 4 is 17.6 Å². The van der Waals surface area contributed by atoms with Crippen molar-refractivity contribution in [1.29, 1.82) is 0 Å². The van der Waals surface area contributed by atoms with Gasteiger partial charge in [-0.25, -0.2) is 4.99 Å². The summed E-state index contributed by atoms with van der Waals surface area (Å²) in [5, 5.41) is 14.7. The minimum absolute atomic E-state index is 0.222. The number of nitrogens with zero attached hydrogens (tertiary/aromatic N) is 5. The highest BCUT2D eigenvalue weighted by atomic mass is 16.2. The highest BCUT2D eigenvalue weighted by Crippen LogP contribution is 2.21. The lowest BCUT2D eigenvalue weighted by atomic mass is 10.1. The lowest BCUT2D eigenvalue weighted by Gasteiger charge is -2.26. The molecule has 1 aromatic heterocycles. The third-order valence-corrected chi connectivity index (χ3v) is 4.99. The Morgan fingerprint density at radius 2 is 2.00 bits per heavy atom. The van der Waals surface area contributed by atoms with E-state index in [-0.39, 0.29) is 5.91 Å². The van der Waals surface area contributed by atoms with Gasteiger partial charge in [-0.1, -0.05) is 19.1 Å². The molecule has 0 atom stereocenters. The molecule has 0 spiro atoms. The molecular weight excluding hydrogens is 366 g/mol. The van der Waals surface area contributed by atoms with Crippen molar-refractivity contribution in [2.24, 2.45) is 4.99 Å². The number of carbonyl (C=O) groups excluding carboxylic acids is 1. The van der Waals surface area contributed by atoms with Gasteiger partial charge in [0.05, 0.1) is 6.54 Å². The van der Waals surface area contributed by atoms with Crippen molar-refractivity contribution in [3.63, 3.8) is 0 Å². The highest BCUT2D eigenvalue weighted by Gasteiger charge is 2.19. The van der Waals surface area contributed by atoms with Crippen LogP contribution >= 0.6 is 0 Å². The van der Waals surface area contributed by atoms with E-state index in [9.17, 15) is 4.79 Å². The summed E-state index contributed by atoms with van der Waals surface area (Å²) >= 11 is 0. The molecular formula is C21H31N7O. The zero-order chi connectivity index (χ0) is 20.5. The molecule has 0 radical (unpaired) electrons. The molecule has 2 aromatic rings. The second-order valence-electron chi connectivity index (χ2n) is 7.08. The van der Waals surface area contributed by atoms with Crippen LogP contribution in [0.2, 0.25) is 0 Å². The fourth-order valence-electron chi connectivity index (χ4n) is 3.41. The third kappa shape index (κ3) is 5.79. The molecule has 29 heavy (non-hydrogen) atoms. The van der Waals surface area contributed by atoms with Crippen molar-refractivity contribution in [3.05, 3.63) is 42.0 Å². The molecule has 8 nitrogen and oxygen atoms in total. The van der Waals surface area contributed by atoms with Crippen LogP contribution in [0, 0.1) is 0 Å². The fourth-order valence-corrected chi connectivity index (χ4v) is 3.41. The van der Waals surface area contributed by atoms with Gasteiger partial charge in [-0.15, -0.1) is 10.2 Å². The number of aromatic nitrogens is 3. The van der Waals surface area contributed by atoms with Crippen LogP contribution in [0.3, 0.4) is 0 Å². The molecule has 1 fully saturated rings.